The SMILES string of the molecule is O=C(NCCN1CCCC1)c1cccc(-c2cccc(CN(CCc3ccc(O)cc3)C(=O)CCc3c[nH]c4ccccc34)c2)c1. The molecule has 0 radical (unpaired) electrons. The van der Waals surface area contributed by atoms with E-state index in [4.69, 9.17) is 0 Å². The number of aromatic nitrogens is 1. The number of likely N-dealkylation sites (tertiary alicyclic amines) is 1. The first-order chi connectivity index (χ1) is 22.5. The number of carbonyl (C=O) groups is 2. The Kier molecular flexibility index (Phi) is 10.1. The van der Waals surface area contributed by atoms with E-state index < -0.39 is 0 Å². The van der Waals surface area contributed by atoms with Gasteiger partial charge in [-0.15, -0.1) is 0 Å². The Balaban J connectivity index is 1.14. The lowest BCUT2D eigenvalue weighted by molar-refractivity contribution is -0.131. The first-order valence-electron chi connectivity index (χ1n) is 16.3. The first kappa shape index (κ1) is 31.1. The van der Waals surface area contributed by atoms with Gasteiger partial charge in [0.05, 0.1) is 0 Å². The van der Waals surface area contributed by atoms with E-state index in [2.05, 4.69) is 39.5 Å². The summed E-state index contributed by atoms with van der Waals surface area (Å²) in [6.07, 6.45) is 6.24. The maximum Gasteiger partial charge on any atom is 0.251 e. The molecule has 46 heavy (non-hydrogen) atoms. The molecule has 1 aliphatic rings. The van der Waals surface area contributed by atoms with Crippen LogP contribution in [0.3, 0.4) is 0 Å². The Morgan fingerprint density at radius 2 is 1.59 bits per heavy atom. The van der Waals surface area contributed by atoms with E-state index in [1.165, 1.54) is 12.8 Å². The highest BCUT2D eigenvalue weighted by Crippen LogP contribution is 2.24. The molecule has 4 aromatic carbocycles. The van der Waals surface area contributed by atoms with Crippen molar-refractivity contribution in [2.45, 2.75) is 38.6 Å². The Morgan fingerprint density at radius 3 is 2.41 bits per heavy atom. The third-order valence-electron chi connectivity index (χ3n) is 8.91. The minimum Gasteiger partial charge on any atom is -0.508 e. The predicted molar refractivity (Wildman–Crippen MR) is 184 cm³/mol. The smallest absolute Gasteiger partial charge is 0.251 e. The molecular formula is C39H42N4O3. The molecule has 3 N–H and O–H groups in total. The van der Waals surface area contributed by atoms with E-state index in [9.17, 15) is 14.7 Å². The van der Waals surface area contributed by atoms with Crippen molar-refractivity contribution in [3.05, 3.63) is 126 Å². The van der Waals surface area contributed by atoms with Crippen molar-refractivity contribution in [1.29, 1.82) is 0 Å². The van der Waals surface area contributed by atoms with Gasteiger partial charge in [-0.25, -0.2) is 0 Å². The largest absolute Gasteiger partial charge is 0.508 e. The molecule has 1 aliphatic heterocycles. The zero-order valence-electron chi connectivity index (χ0n) is 26.3. The number of aromatic hydroxyl groups is 1. The number of nitrogens with one attached hydrogen (secondary N) is 2. The molecule has 0 unspecified atom stereocenters. The van der Waals surface area contributed by atoms with Gasteiger partial charge in [-0.05, 0) is 103 Å². The van der Waals surface area contributed by atoms with Gasteiger partial charge in [0.15, 0.2) is 0 Å². The zero-order valence-corrected chi connectivity index (χ0v) is 26.3. The van der Waals surface area contributed by atoms with Crippen molar-refractivity contribution in [3.63, 3.8) is 0 Å². The Morgan fingerprint density at radius 1 is 0.826 bits per heavy atom. The van der Waals surface area contributed by atoms with Gasteiger partial charge in [0.1, 0.15) is 5.75 Å². The molecule has 2 amide bonds. The molecule has 7 nitrogen and oxygen atoms in total. The fourth-order valence-corrected chi connectivity index (χ4v) is 6.30. The average Bonchev–Trinajstić information content (AvgIpc) is 3.77. The number of hydrogen-bond acceptors (Lipinski definition) is 4. The number of phenols is 1. The van der Waals surface area contributed by atoms with Gasteiger partial charge >= 0.3 is 0 Å². The van der Waals surface area contributed by atoms with Gasteiger partial charge in [0, 0.05) is 55.3 Å². The Bertz CT molecular complexity index is 1770. The van der Waals surface area contributed by atoms with Crippen LogP contribution in [0.2, 0.25) is 0 Å². The molecule has 0 atom stereocenters. The summed E-state index contributed by atoms with van der Waals surface area (Å²) in [4.78, 5) is 34.3. The van der Waals surface area contributed by atoms with E-state index >= 15 is 0 Å². The highest BCUT2D eigenvalue weighted by molar-refractivity contribution is 5.95. The van der Waals surface area contributed by atoms with Crippen molar-refractivity contribution in [2.75, 3.05) is 32.7 Å². The fourth-order valence-electron chi connectivity index (χ4n) is 6.30. The van der Waals surface area contributed by atoms with Crippen LogP contribution in [0.5, 0.6) is 5.75 Å². The van der Waals surface area contributed by atoms with Crippen LogP contribution in [-0.4, -0.2) is 64.4 Å². The van der Waals surface area contributed by atoms with Gasteiger partial charge in [-0.3, -0.25) is 9.59 Å². The topological polar surface area (TPSA) is 88.7 Å². The minimum atomic E-state index is -0.0570. The summed E-state index contributed by atoms with van der Waals surface area (Å²) in [5.41, 5.74) is 6.94. The normalized spacial score (nSPS) is 13.2. The predicted octanol–water partition coefficient (Wildman–Crippen LogP) is 6.57. The van der Waals surface area contributed by atoms with E-state index in [1.54, 1.807) is 12.1 Å². The number of fused-ring (bicyclic) bond motifs is 1. The van der Waals surface area contributed by atoms with Crippen molar-refractivity contribution in [1.82, 2.24) is 20.1 Å². The molecule has 7 heteroatoms. The fraction of sp³-hybridized carbons (Fsp3) is 0.282. The molecule has 0 spiro atoms. The molecule has 1 fully saturated rings. The first-order valence-corrected chi connectivity index (χ1v) is 16.3. The number of benzene rings is 4. The standard InChI is InChI=1S/C39H42N4O3/c44-35-16-13-29(14-17-35)19-23-43(38(45)18-15-34-27-41-37-12-2-1-11-36(34)37)28-30-7-5-8-31(25-30)32-9-6-10-33(26-32)39(46)40-20-24-42-21-3-4-22-42/h1-2,5-14,16-17,25-27,41,44H,3-4,15,18-24,28H2,(H,40,46). The number of para-hydroxylation sites is 1. The molecule has 6 rings (SSSR count). The molecule has 1 aromatic heterocycles. The molecule has 236 valence electrons. The Hall–Kier alpha value is -4.88. The van der Waals surface area contributed by atoms with Crippen molar-refractivity contribution >= 4 is 22.7 Å². The second-order valence-electron chi connectivity index (χ2n) is 12.2. The molecular weight excluding hydrogens is 572 g/mol. The van der Waals surface area contributed by atoms with E-state index in [1.807, 2.05) is 71.8 Å². The number of hydrogen-bond donors (Lipinski definition) is 3. The van der Waals surface area contributed by atoms with Crippen LogP contribution >= 0.6 is 0 Å². The van der Waals surface area contributed by atoms with E-state index in [0.29, 0.717) is 44.5 Å². The molecule has 2 heterocycles. The third kappa shape index (κ3) is 8.03. The maximum absolute atomic E-state index is 13.7. The van der Waals surface area contributed by atoms with Crippen LogP contribution < -0.4 is 5.32 Å². The number of nitrogens with zero attached hydrogens (tertiary/aromatic N) is 2. The van der Waals surface area contributed by atoms with E-state index in [0.717, 1.165) is 58.4 Å². The van der Waals surface area contributed by atoms with Gasteiger partial charge in [0.25, 0.3) is 5.91 Å². The van der Waals surface area contributed by atoms with Crippen LogP contribution in [0.4, 0.5) is 0 Å². The molecule has 0 saturated carbocycles. The van der Waals surface area contributed by atoms with Gasteiger partial charge in [-0.1, -0.05) is 60.7 Å². The van der Waals surface area contributed by atoms with E-state index in [-0.39, 0.29) is 17.6 Å². The quantitative estimate of drug-likeness (QED) is 0.140. The molecule has 0 aliphatic carbocycles. The van der Waals surface area contributed by atoms with Crippen molar-refractivity contribution in [2.24, 2.45) is 0 Å². The van der Waals surface area contributed by atoms with Gasteiger partial charge in [0.2, 0.25) is 5.91 Å². The third-order valence-corrected chi connectivity index (χ3v) is 8.91. The van der Waals surface area contributed by atoms with Crippen LogP contribution in [0.25, 0.3) is 22.0 Å². The molecule has 5 aromatic rings. The zero-order chi connectivity index (χ0) is 31.7. The highest BCUT2D eigenvalue weighted by atomic mass is 16.3. The summed E-state index contributed by atoms with van der Waals surface area (Å²) in [6, 6.07) is 31.3. The summed E-state index contributed by atoms with van der Waals surface area (Å²) in [7, 11) is 0. The number of aryl methyl sites for hydroxylation is 1. The number of phenolic OH excluding ortho intramolecular Hbond substituents is 1. The lowest BCUT2D eigenvalue weighted by Crippen LogP contribution is -2.33. The summed E-state index contributed by atoms with van der Waals surface area (Å²) >= 11 is 0. The highest BCUT2D eigenvalue weighted by Gasteiger charge is 2.17. The van der Waals surface area contributed by atoms with Gasteiger partial charge < -0.3 is 25.2 Å². The lowest BCUT2D eigenvalue weighted by Gasteiger charge is -2.23. The summed E-state index contributed by atoms with van der Waals surface area (Å²) in [6.45, 7) is 4.81. The van der Waals surface area contributed by atoms with Crippen LogP contribution in [0, 0.1) is 0 Å². The average molecular weight is 615 g/mol. The number of aromatic amines is 1. The lowest BCUT2D eigenvalue weighted by atomic mass is 10.0. The second-order valence-corrected chi connectivity index (χ2v) is 12.2. The monoisotopic (exact) mass is 614 g/mol. The number of amides is 2. The summed E-state index contributed by atoms with van der Waals surface area (Å²) in [5.74, 6) is 0.274. The number of rotatable bonds is 13. The molecule has 1 saturated heterocycles. The second kappa shape index (κ2) is 14.9. The van der Waals surface area contributed by atoms with Crippen molar-refractivity contribution < 1.29 is 14.7 Å². The van der Waals surface area contributed by atoms with Crippen molar-refractivity contribution in [3.8, 4) is 16.9 Å². The maximum atomic E-state index is 13.7. The summed E-state index contributed by atoms with van der Waals surface area (Å²) in [5, 5.41) is 13.9. The van der Waals surface area contributed by atoms with Crippen LogP contribution in [0.1, 0.15) is 46.3 Å². The van der Waals surface area contributed by atoms with Crippen LogP contribution in [-0.2, 0) is 24.2 Å². The van der Waals surface area contributed by atoms with Gasteiger partial charge in [-0.2, -0.15) is 0 Å². The number of carbonyl (C=O) groups excluding carboxylic acids is 2. The van der Waals surface area contributed by atoms with Crippen LogP contribution in [0.15, 0.2) is 103 Å². The minimum absolute atomic E-state index is 0.0570. The summed E-state index contributed by atoms with van der Waals surface area (Å²) < 4.78 is 0. The Labute approximate surface area is 270 Å². The number of H-pyrrole nitrogens is 1. The molecule has 0 bridgehead atoms.